The first-order valence-electron chi connectivity index (χ1n) is 8.43. The molecule has 2 unspecified atom stereocenters. The van der Waals surface area contributed by atoms with Crippen LogP contribution in [0.2, 0.25) is 5.02 Å². The van der Waals surface area contributed by atoms with E-state index in [9.17, 15) is 14.7 Å². The van der Waals surface area contributed by atoms with Crippen molar-refractivity contribution >= 4 is 41.0 Å². The Labute approximate surface area is 166 Å². The van der Waals surface area contributed by atoms with E-state index in [2.05, 4.69) is 10.5 Å². The van der Waals surface area contributed by atoms with Crippen molar-refractivity contribution in [2.45, 2.75) is 25.7 Å². The Morgan fingerprint density at radius 2 is 2.07 bits per heavy atom. The second kappa shape index (κ2) is 8.06. The summed E-state index contributed by atoms with van der Waals surface area (Å²) in [6, 6.07) is 10.6. The van der Waals surface area contributed by atoms with Crippen molar-refractivity contribution in [3.8, 4) is 0 Å². The van der Waals surface area contributed by atoms with E-state index in [-0.39, 0.29) is 6.42 Å². The Bertz CT molecular complexity index is 890. The number of nitrogens with one attached hydrogen (secondary N) is 1. The van der Waals surface area contributed by atoms with E-state index in [4.69, 9.17) is 11.6 Å². The van der Waals surface area contributed by atoms with Crippen LogP contribution in [0.25, 0.3) is 0 Å². The molecule has 5 nitrogen and oxygen atoms in total. The van der Waals surface area contributed by atoms with Crippen LogP contribution in [0.15, 0.2) is 58.5 Å². The smallest absolute Gasteiger partial charge is 0.252 e. The van der Waals surface area contributed by atoms with Crippen molar-refractivity contribution in [3.05, 3.63) is 68.9 Å². The van der Waals surface area contributed by atoms with E-state index in [1.165, 1.54) is 17.6 Å². The topological polar surface area (TPSA) is 81.6 Å². The van der Waals surface area contributed by atoms with Crippen LogP contribution >= 0.6 is 22.9 Å². The summed E-state index contributed by atoms with van der Waals surface area (Å²) in [6.07, 6.45) is 3.77. The first-order valence-corrected chi connectivity index (χ1v) is 9.69. The number of amides is 1. The molecule has 27 heavy (non-hydrogen) atoms. The van der Waals surface area contributed by atoms with Crippen LogP contribution in [-0.2, 0) is 9.59 Å². The number of hydrazone groups is 1. The minimum Gasteiger partial charge on any atom is -0.549 e. The number of hydrogen-bond donors (Lipinski definition) is 1. The fraction of sp³-hybridized carbons (Fsp3) is 0.250. The van der Waals surface area contributed by atoms with Crippen molar-refractivity contribution < 1.29 is 14.7 Å². The number of carboxylic acids is 1. The Morgan fingerprint density at radius 1 is 1.33 bits per heavy atom. The van der Waals surface area contributed by atoms with Gasteiger partial charge in [-0.15, -0.1) is 11.3 Å². The zero-order chi connectivity index (χ0) is 19.4. The van der Waals surface area contributed by atoms with Gasteiger partial charge in [0.25, 0.3) is 5.91 Å². The van der Waals surface area contributed by atoms with Gasteiger partial charge in [0.05, 0.1) is 12.2 Å². The summed E-state index contributed by atoms with van der Waals surface area (Å²) < 4.78 is 0. The van der Waals surface area contributed by atoms with E-state index in [0.29, 0.717) is 11.4 Å². The van der Waals surface area contributed by atoms with Gasteiger partial charge in [-0.1, -0.05) is 41.4 Å². The number of thiophene rings is 1. The van der Waals surface area contributed by atoms with E-state index in [1.807, 2.05) is 24.4 Å². The average Bonchev–Trinajstić information content (AvgIpc) is 3.15. The molecule has 0 radical (unpaired) electrons. The summed E-state index contributed by atoms with van der Waals surface area (Å²) in [5.74, 6) is -2.66. The van der Waals surface area contributed by atoms with Crippen molar-refractivity contribution in [2.75, 3.05) is 0 Å². The fourth-order valence-electron chi connectivity index (χ4n) is 3.34. The lowest BCUT2D eigenvalue weighted by molar-refractivity contribution is -0.318. The highest BCUT2D eigenvalue weighted by molar-refractivity contribution is 7.11. The quantitative estimate of drug-likeness (QED) is 0.361. The third-order valence-corrected chi connectivity index (χ3v) is 5.90. The number of benzene rings is 1. The molecule has 0 fully saturated rings. The van der Waals surface area contributed by atoms with Crippen LogP contribution in [-0.4, -0.2) is 18.1 Å². The molecule has 2 atom stereocenters. The van der Waals surface area contributed by atoms with Crippen molar-refractivity contribution in [1.82, 2.24) is 5.43 Å². The van der Waals surface area contributed by atoms with Crippen LogP contribution in [0.5, 0.6) is 0 Å². The van der Waals surface area contributed by atoms with Crippen LogP contribution < -0.4 is 10.5 Å². The molecule has 1 aliphatic rings. The molecule has 140 valence electrons. The molecule has 7 heteroatoms. The number of rotatable bonds is 5. The SMILES string of the molecule is CC1=CCC(C(=O)[O-])(C(=O)NN=Cc2cccs2)C(c2ccc(Cl)cc2)C1. The van der Waals surface area contributed by atoms with Crippen LogP contribution in [0.3, 0.4) is 0 Å². The van der Waals surface area contributed by atoms with Gasteiger partial charge >= 0.3 is 0 Å². The highest BCUT2D eigenvalue weighted by Gasteiger charge is 2.48. The Balaban J connectivity index is 1.94. The molecular weight excluding hydrogens is 384 g/mol. The molecular formula is C20H18ClN2O3S-. The number of carbonyl (C=O) groups excluding carboxylic acids is 2. The highest BCUT2D eigenvalue weighted by atomic mass is 35.5. The van der Waals surface area contributed by atoms with Crippen LogP contribution in [0.1, 0.15) is 36.1 Å². The normalized spacial score (nSPS) is 22.4. The standard InChI is InChI=1S/C20H19ClN2O3S/c1-13-8-9-20(19(25)26,17(11-13)14-4-6-15(21)7-5-14)18(24)23-22-12-16-3-2-10-27-16/h2-8,10,12,17H,9,11H2,1H3,(H,23,24)(H,25,26)/p-1. The van der Waals surface area contributed by atoms with Crippen molar-refractivity contribution in [1.29, 1.82) is 0 Å². The first-order chi connectivity index (χ1) is 12.9. The van der Waals surface area contributed by atoms with Gasteiger partial charge in [0.1, 0.15) is 5.41 Å². The maximum Gasteiger partial charge on any atom is 0.252 e. The molecule has 1 aromatic heterocycles. The molecule has 0 aliphatic heterocycles. The molecule has 2 aromatic rings. The predicted octanol–water partition coefficient (Wildman–Crippen LogP) is 3.11. The Morgan fingerprint density at radius 3 is 2.70 bits per heavy atom. The fourth-order valence-corrected chi connectivity index (χ4v) is 4.05. The lowest BCUT2D eigenvalue weighted by Gasteiger charge is -2.42. The zero-order valence-electron chi connectivity index (χ0n) is 14.6. The van der Waals surface area contributed by atoms with E-state index in [0.717, 1.165) is 16.0 Å². The summed E-state index contributed by atoms with van der Waals surface area (Å²) in [4.78, 5) is 26.0. The number of allylic oxidation sites excluding steroid dienone is 2. The molecule has 0 saturated heterocycles. The zero-order valence-corrected chi connectivity index (χ0v) is 16.2. The van der Waals surface area contributed by atoms with Gasteiger partial charge in [0, 0.05) is 15.8 Å². The minimum absolute atomic E-state index is 0.0504. The molecule has 1 aromatic carbocycles. The summed E-state index contributed by atoms with van der Waals surface area (Å²) in [5.41, 5.74) is 2.42. The van der Waals surface area contributed by atoms with Gasteiger partial charge in [-0.05, 0) is 48.9 Å². The third-order valence-electron chi connectivity index (χ3n) is 4.84. The van der Waals surface area contributed by atoms with Gasteiger partial charge in [-0.3, -0.25) is 4.79 Å². The summed E-state index contributed by atoms with van der Waals surface area (Å²) in [5, 5.41) is 18.6. The average molecular weight is 402 g/mol. The lowest BCUT2D eigenvalue weighted by atomic mass is 9.64. The van der Waals surface area contributed by atoms with Gasteiger partial charge in [-0.2, -0.15) is 5.10 Å². The Kier molecular flexibility index (Phi) is 5.77. The number of hydrogen-bond acceptors (Lipinski definition) is 5. The van der Waals surface area contributed by atoms with Gasteiger partial charge in [-0.25, -0.2) is 5.43 Å². The third kappa shape index (κ3) is 3.96. The van der Waals surface area contributed by atoms with Gasteiger partial charge in [0.2, 0.25) is 0 Å². The second-order valence-electron chi connectivity index (χ2n) is 6.54. The number of carbonyl (C=O) groups is 2. The highest BCUT2D eigenvalue weighted by Crippen LogP contribution is 2.47. The van der Waals surface area contributed by atoms with Gasteiger partial charge < -0.3 is 9.90 Å². The maximum absolute atomic E-state index is 12.9. The van der Waals surface area contributed by atoms with Crippen LogP contribution in [0.4, 0.5) is 0 Å². The summed E-state index contributed by atoms with van der Waals surface area (Å²) in [6.45, 7) is 1.93. The molecule has 1 aliphatic carbocycles. The van der Waals surface area contributed by atoms with E-state index in [1.54, 1.807) is 30.3 Å². The lowest BCUT2D eigenvalue weighted by Crippen LogP contribution is -2.55. The monoisotopic (exact) mass is 401 g/mol. The summed E-state index contributed by atoms with van der Waals surface area (Å²) >= 11 is 7.42. The number of nitrogens with zero attached hydrogens (tertiary/aromatic N) is 1. The molecule has 1 heterocycles. The predicted molar refractivity (Wildman–Crippen MR) is 105 cm³/mol. The van der Waals surface area contributed by atoms with Crippen LogP contribution in [0, 0.1) is 5.41 Å². The molecule has 0 saturated carbocycles. The van der Waals surface area contributed by atoms with E-state index >= 15 is 0 Å². The van der Waals surface area contributed by atoms with Gasteiger partial charge in [0.15, 0.2) is 0 Å². The molecule has 1 amide bonds. The molecule has 0 bridgehead atoms. The van der Waals surface area contributed by atoms with Crippen molar-refractivity contribution in [3.63, 3.8) is 0 Å². The Hall–Kier alpha value is -2.44. The number of halogens is 1. The first kappa shape index (κ1) is 19.3. The molecule has 0 spiro atoms. The van der Waals surface area contributed by atoms with E-state index < -0.39 is 23.2 Å². The largest absolute Gasteiger partial charge is 0.549 e. The molecule has 3 rings (SSSR count). The number of aliphatic carboxylic acids is 1. The molecule has 1 N–H and O–H groups in total. The number of carboxylic acid groups (broad SMARTS) is 1. The summed E-state index contributed by atoms with van der Waals surface area (Å²) in [7, 11) is 0. The minimum atomic E-state index is -1.74. The second-order valence-corrected chi connectivity index (χ2v) is 7.95. The van der Waals surface area contributed by atoms with Crippen molar-refractivity contribution in [2.24, 2.45) is 10.5 Å². The maximum atomic E-state index is 12.9.